The molecule has 1 atom stereocenters. The van der Waals surface area contributed by atoms with Crippen molar-refractivity contribution in [2.24, 2.45) is 5.92 Å². The molecule has 4 nitrogen and oxygen atoms in total. The standard InChI is InChI=1S/C20H20N2O2/c23-20(21-18-14-22-12-10-16(18)11-13-22)19-9-8-17(24-19)7-6-15-4-2-1-3-5-15/h1-5,8-9,16,18H,10-14H2,(H,21,23)/t18-/m0/s1. The Morgan fingerprint density at radius 1 is 1.08 bits per heavy atom. The maximum absolute atomic E-state index is 12.4. The van der Waals surface area contributed by atoms with Crippen molar-refractivity contribution in [1.29, 1.82) is 0 Å². The normalized spacial score (nSPS) is 24.9. The molecule has 1 aromatic heterocycles. The summed E-state index contributed by atoms with van der Waals surface area (Å²) >= 11 is 0. The van der Waals surface area contributed by atoms with Crippen LogP contribution in [0, 0.1) is 17.8 Å². The summed E-state index contributed by atoms with van der Waals surface area (Å²) in [4.78, 5) is 14.8. The zero-order chi connectivity index (χ0) is 16.4. The SMILES string of the molecule is O=C(N[C@H]1CN2CCC1CC2)c1ccc(C#Cc2ccccc2)o1. The van der Waals surface area contributed by atoms with Crippen LogP contribution in [-0.2, 0) is 0 Å². The maximum atomic E-state index is 12.4. The molecule has 0 aliphatic carbocycles. The molecule has 1 aromatic carbocycles. The van der Waals surface area contributed by atoms with Gasteiger partial charge in [-0.05, 0) is 62.0 Å². The molecule has 24 heavy (non-hydrogen) atoms. The number of furan rings is 1. The fraction of sp³-hybridized carbons (Fsp3) is 0.350. The van der Waals surface area contributed by atoms with Gasteiger partial charge in [0.05, 0.1) is 0 Å². The van der Waals surface area contributed by atoms with Gasteiger partial charge in [0.25, 0.3) is 5.91 Å². The Kier molecular flexibility index (Phi) is 4.10. The molecule has 122 valence electrons. The molecule has 0 unspecified atom stereocenters. The highest BCUT2D eigenvalue weighted by atomic mass is 16.3. The first kappa shape index (κ1) is 15.0. The van der Waals surface area contributed by atoms with Gasteiger partial charge in [-0.25, -0.2) is 0 Å². The molecule has 3 aliphatic heterocycles. The monoisotopic (exact) mass is 320 g/mol. The third kappa shape index (κ3) is 3.22. The van der Waals surface area contributed by atoms with Crippen molar-refractivity contribution in [3.05, 3.63) is 59.5 Å². The van der Waals surface area contributed by atoms with Gasteiger partial charge in [-0.2, -0.15) is 0 Å². The van der Waals surface area contributed by atoms with Gasteiger partial charge in [0.15, 0.2) is 11.5 Å². The van der Waals surface area contributed by atoms with Crippen LogP contribution in [0.15, 0.2) is 46.9 Å². The predicted octanol–water partition coefficient (Wildman–Crippen LogP) is 2.50. The molecule has 1 N–H and O–H groups in total. The second-order valence-corrected chi connectivity index (χ2v) is 6.50. The van der Waals surface area contributed by atoms with Crippen molar-refractivity contribution < 1.29 is 9.21 Å². The van der Waals surface area contributed by atoms with Crippen LogP contribution < -0.4 is 5.32 Å². The van der Waals surface area contributed by atoms with Gasteiger partial charge in [-0.15, -0.1) is 0 Å². The number of carbonyl (C=O) groups is 1. The van der Waals surface area contributed by atoms with E-state index in [-0.39, 0.29) is 11.9 Å². The Morgan fingerprint density at radius 2 is 1.88 bits per heavy atom. The summed E-state index contributed by atoms with van der Waals surface area (Å²) in [6.45, 7) is 3.28. The topological polar surface area (TPSA) is 45.5 Å². The molecule has 3 saturated heterocycles. The number of nitrogens with zero attached hydrogens (tertiary/aromatic N) is 1. The second kappa shape index (κ2) is 6.54. The summed E-state index contributed by atoms with van der Waals surface area (Å²) in [7, 11) is 0. The minimum absolute atomic E-state index is 0.137. The number of rotatable bonds is 2. The van der Waals surface area contributed by atoms with Gasteiger partial charge in [-0.3, -0.25) is 4.79 Å². The zero-order valence-electron chi connectivity index (χ0n) is 13.5. The van der Waals surface area contributed by atoms with Crippen molar-refractivity contribution >= 4 is 5.91 Å². The molecule has 0 saturated carbocycles. The third-order valence-corrected chi connectivity index (χ3v) is 4.91. The van der Waals surface area contributed by atoms with Gasteiger partial charge >= 0.3 is 0 Å². The van der Waals surface area contributed by atoms with E-state index in [1.54, 1.807) is 12.1 Å². The quantitative estimate of drug-likeness (QED) is 0.865. The van der Waals surface area contributed by atoms with Gasteiger partial charge in [0, 0.05) is 18.2 Å². The van der Waals surface area contributed by atoms with E-state index in [1.807, 2.05) is 30.3 Å². The number of nitrogens with one attached hydrogen (secondary N) is 1. The van der Waals surface area contributed by atoms with Crippen molar-refractivity contribution in [3.63, 3.8) is 0 Å². The van der Waals surface area contributed by atoms with Gasteiger partial charge in [-0.1, -0.05) is 24.1 Å². The summed E-state index contributed by atoms with van der Waals surface area (Å²) < 4.78 is 5.59. The Bertz CT molecular complexity index is 777. The highest BCUT2D eigenvalue weighted by Crippen LogP contribution is 2.27. The van der Waals surface area contributed by atoms with Crippen LogP contribution in [0.3, 0.4) is 0 Å². The number of carbonyl (C=O) groups excluding carboxylic acids is 1. The number of fused-ring (bicyclic) bond motifs is 3. The highest BCUT2D eigenvalue weighted by molar-refractivity contribution is 5.91. The molecule has 1 amide bonds. The second-order valence-electron chi connectivity index (χ2n) is 6.50. The van der Waals surface area contributed by atoms with E-state index in [9.17, 15) is 4.79 Å². The van der Waals surface area contributed by atoms with Gasteiger partial charge < -0.3 is 14.6 Å². The van der Waals surface area contributed by atoms with Crippen LogP contribution in [0.4, 0.5) is 0 Å². The molecule has 0 spiro atoms. The summed E-state index contributed by atoms with van der Waals surface area (Å²) in [5.41, 5.74) is 0.923. The number of amides is 1. The first-order valence-corrected chi connectivity index (χ1v) is 8.48. The molecular weight excluding hydrogens is 300 g/mol. The summed E-state index contributed by atoms with van der Waals surface area (Å²) in [6.07, 6.45) is 2.35. The van der Waals surface area contributed by atoms with E-state index in [2.05, 4.69) is 22.1 Å². The summed E-state index contributed by atoms with van der Waals surface area (Å²) in [6, 6.07) is 13.4. The first-order chi connectivity index (χ1) is 11.8. The maximum Gasteiger partial charge on any atom is 0.287 e. The van der Waals surface area contributed by atoms with Gasteiger partial charge in [0.1, 0.15) is 0 Å². The Labute approximate surface area is 141 Å². The van der Waals surface area contributed by atoms with Crippen molar-refractivity contribution in [3.8, 4) is 11.8 Å². The van der Waals surface area contributed by atoms with Crippen molar-refractivity contribution in [2.45, 2.75) is 18.9 Å². The largest absolute Gasteiger partial charge is 0.443 e. The predicted molar refractivity (Wildman–Crippen MR) is 91.5 cm³/mol. The Morgan fingerprint density at radius 3 is 2.58 bits per heavy atom. The lowest BCUT2D eigenvalue weighted by molar-refractivity contribution is 0.0605. The molecule has 4 heteroatoms. The smallest absolute Gasteiger partial charge is 0.287 e. The van der Waals surface area contributed by atoms with E-state index in [4.69, 9.17) is 4.42 Å². The molecule has 3 aliphatic rings. The Hall–Kier alpha value is -2.51. The van der Waals surface area contributed by atoms with Crippen molar-refractivity contribution in [2.75, 3.05) is 19.6 Å². The molecule has 2 bridgehead atoms. The average Bonchev–Trinajstić information content (AvgIpc) is 3.11. The molecular formula is C20H20N2O2. The van der Waals surface area contributed by atoms with Crippen LogP contribution >= 0.6 is 0 Å². The van der Waals surface area contributed by atoms with Crippen LogP contribution in [0.1, 0.15) is 34.7 Å². The van der Waals surface area contributed by atoms with E-state index < -0.39 is 0 Å². The minimum atomic E-state index is -0.137. The molecule has 0 radical (unpaired) electrons. The van der Waals surface area contributed by atoms with E-state index in [0.29, 0.717) is 17.4 Å². The third-order valence-electron chi connectivity index (χ3n) is 4.91. The minimum Gasteiger partial charge on any atom is -0.443 e. The lowest BCUT2D eigenvalue weighted by Gasteiger charge is -2.44. The summed E-state index contributed by atoms with van der Waals surface area (Å²) in [5, 5.41) is 3.13. The lowest BCUT2D eigenvalue weighted by atomic mass is 9.84. The highest BCUT2D eigenvalue weighted by Gasteiger charge is 2.35. The van der Waals surface area contributed by atoms with Crippen LogP contribution in [0.25, 0.3) is 0 Å². The van der Waals surface area contributed by atoms with E-state index in [0.717, 1.165) is 25.2 Å². The molecule has 3 fully saturated rings. The fourth-order valence-electron chi connectivity index (χ4n) is 3.55. The summed E-state index contributed by atoms with van der Waals surface area (Å²) in [5.74, 6) is 7.31. The fourth-order valence-corrected chi connectivity index (χ4v) is 3.55. The van der Waals surface area contributed by atoms with Crippen LogP contribution in [-0.4, -0.2) is 36.5 Å². The molecule has 2 aromatic rings. The van der Waals surface area contributed by atoms with E-state index >= 15 is 0 Å². The van der Waals surface area contributed by atoms with Crippen molar-refractivity contribution in [1.82, 2.24) is 10.2 Å². The van der Waals surface area contributed by atoms with Crippen LogP contribution in [0.5, 0.6) is 0 Å². The van der Waals surface area contributed by atoms with E-state index in [1.165, 1.54) is 12.8 Å². The zero-order valence-corrected chi connectivity index (χ0v) is 13.5. The molecule has 4 heterocycles. The average molecular weight is 320 g/mol. The number of hydrogen-bond acceptors (Lipinski definition) is 3. The lowest BCUT2D eigenvalue weighted by Crippen LogP contribution is -2.57. The molecule has 5 rings (SSSR count). The first-order valence-electron chi connectivity index (χ1n) is 8.48. The number of piperidine rings is 3. The van der Waals surface area contributed by atoms with Gasteiger partial charge in [0.2, 0.25) is 0 Å². The number of benzene rings is 1. The Balaban J connectivity index is 1.41. The number of hydrogen-bond donors (Lipinski definition) is 1. The van der Waals surface area contributed by atoms with Crippen LogP contribution in [0.2, 0.25) is 0 Å².